The normalized spacial score (nSPS) is 11.1. The average Bonchev–Trinajstić information content (AvgIpc) is 2.72. The molecule has 0 aliphatic rings. The van der Waals surface area contributed by atoms with Crippen LogP contribution in [0.4, 0.5) is 0 Å². The first-order chi connectivity index (χ1) is 13.8. The minimum absolute atomic E-state index is 0.601. The standard InChI is InChI=1S/C26H33NO/c1-3-4-5-6-9-17-27-19-25-24-14-8-7-13-23(24)15-16-26(25)28-20-22-12-10-11-21(2)18-22/h7-8,10-16,18,27H,3-6,9,17,19-20H2,1-2H3. The number of hydrogen-bond donors (Lipinski definition) is 1. The molecule has 0 amide bonds. The molecule has 0 saturated heterocycles. The molecule has 0 aromatic heterocycles. The van der Waals surface area contributed by atoms with E-state index in [4.69, 9.17) is 4.74 Å². The summed E-state index contributed by atoms with van der Waals surface area (Å²) in [5.41, 5.74) is 3.74. The van der Waals surface area contributed by atoms with Crippen molar-refractivity contribution in [1.82, 2.24) is 5.32 Å². The van der Waals surface area contributed by atoms with Crippen molar-refractivity contribution in [2.75, 3.05) is 6.54 Å². The highest BCUT2D eigenvalue weighted by molar-refractivity contribution is 5.87. The summed E-state index contributed by atoms with van der Waals surface area (Å²) in [6.45, 7) is 6.89. The first-order valence-corrected chi connectivity index (χ1v) is 10.7. The zero-order valence-corrected chi connectivity index (χ0v) is 17.3. The van der Waals surface area contributed by atoms with Crippen molar-refractivity contribution < 1.29 is 4.74 Å². The molecule has 2 nitrogen and oxygen atoms in total. The Morgan fingerprint density at radius 2 is 1.71 bits per heavy atom. The van der Waals surface area contributed by atoms with Crippen molar-refractivity contribution >= 4 is 10.8 Å². The fraction of sp³-hybridized carbons (Fsp3) is 0.385. The van der Waals surface area contributed by atoms with Gasteiger partial charge in [0.25, 0.3) is 0 Å². The molecule has 0 unspecified atom stereocenters. The van der Waals surface area contributed by atoms with E-state index in [1.807, 2.05) is 0 Å². The van der Waals surface area contributed by atoms with Gasteiger partial charge in [-0.2, -0.15) is 0 Å². The van der Waals surface area contributed by atoms with Crippen LogP contribution in [0.25, 0.3) is 10.8 Å². The van der Waals surface area contributed by atoms with Crippen LogP contribution < -0.4 is 10.1 Å². The van der Waals surface area contributed by atoms with E-state index in [1.54, 1.807) is 0 Å². The van der Waals surface area contributed by atoms with E-state index in [9.17, 15) is 0 Å². The Kier molecular flexibility index (Phi) is 7.93. The maximum absolute atomic E-state index is 6.26. The highest BCUT2D eigenvalue weighted by atomic mass is 16.5. The van der Waals surface area contributed by atoms with Gasteiger partial charge in [0.1, 0.15) is 12.4 Å². The van der Waals surface area contributed by atoms with E-state index in [-0.39, 0.29) is 0 Å². The van der Waals surface area contributed by atoms with Gasteiger partial charge in [0, 0.05) is 12.1 Å². The van der Waals surface area contributed by atoms with Crippen molar-refractivity contribution in [2.45, 2.75) is 59.1 Å². The maximum atomic E-state index is 6.26. The van der Waals surface area contributed by atoms with Gasteiger partial charge < -0.3 is 10.1 Å². The fourth-order valence-corrected chi connectivity index (χ4v) is 3.66. The number of ether oxygens (including phenoxy) is 1. The molecule has 28 heavy (non-hydrogen) atoms. The Labute approximate surface area is 169 Å². The van der Waals surface area contributed by atoms with E-state index in [2.05, 4.69) is 79.8 Å². The number of fused-ring (bicyclic) bond motifs is 1. The molecular formula is C26H33NO. The van der Waals surface area contributed by atoms with Crippen LogP contribution in [0, 0.1) is 6.92 Å². The highest BCUT2D eigenvalue weighted by Gasteiger charge is 2.09. The minimum Gasteiger partial charge on any atom is -0.489 e. The first kappa shape index (κ1) is 20.4. The van der Waals surface area contributed by atoms with Crippen LogP contribution in [0.3, 0.4) is 0 Å². The number of unbranched alkanes of at least 4 members (excludes halogenated alkanes) is 4. The van der Waals surface area contributed by atoms with Gasteiger partial charge in [-0.1, -0.05) is 92.8 Å². The van der Waals surface area contributed by atoms with Gasteiger partial charge in [-0.25, -0.2) is 0 Å². The van der Waals surface area contributed by atoms with Gasteiger partial charge in [0.2, 0.25) is 0 Å². The lowest BCUT2D eigenvalue weighted by Gasteiger charge is -2.15. The van der Waals surface area contributed by atoms with Crippen molar-refractivity contribution in [2.24, 2.45) is 0 Å². The first-order valence-electron chi connectivity index (χ1n) is 10.7. The Bertz CT molecular complexity index is 871. The van der Waals surface area contributed by atoms with Crippen molar-refractivity contribution in [3.63, 3.8) is 0 Å². The molecule has 0 spiro atoms. The fourth-order valence-electron chi connectivity index (χ4n) is 3.66. The molecule has 0 radical (unpaired) electrons. The molecule has 148 valence electrons. The second-order valence-corrected chi connectivity index (χ2v) is 7.63. The van der Waals surface area contributed by atoms with Gasteiger partial charge in [-0.3, -0.25) is 0 Å². The van der Waals surface area contributed by atoms with E-state index < -0.39 is 0 Å². The molecule has 0 fully saturated rings. The Balaban J connectivity index is 1.67. The average molecular weight is 376 g/mol. The monoisotopic (exact) mass is 375 g/mol. The number of benzene rings is 3. The summed E-state index contributed by atoms with van der Waals surface area (Å²) in [7, 11) is 0. The minimum atomic E-state index is 0.601. The molecular weight excluding hydrogens is 342 g/mol. The second-order valence-electron chi connectivity index (χ2n) is 7.63. The van der Waals surface area contributed by atoms with Crippen LogP contribution in [0.2, 0.25) is 0 Å². The van der Waals surface area contributed by atoms with Gasteiger partial charge >= 0.3 is 0 Å². The van der Waals surface area contributed by atoms with E-state index in [1.165, 1.54) is 59.6 Å². The van der Waals surface area contributed by atoms with Crippen molar-refractivity contribution in [3.8, 4) is 5.75 Å². The molecule has 1 N–H and O–H groups in total. The molecule has 0 atom stereocenters. The largest absolute Gasteiger partial charge is 0.489 e. The van der Waals surface area contributed by atoms with Crippen LogP contribution in [-0.4, -0.2) is 6.54 Å². The van der Waals surface area contributed by atoms with Crippen LogP contribution in [0.15, 0.2) is 60.7 Å². The molecule has 0 aliphatic heterocycles. The summed E-state index contributed by atoms with van der Waals surface area (Å²) >= 11 is 0. The van der Waals surface area contributed by atoms with Gasteiger partial charge in [-0.05, 0) is 42.3 Å². The quantitative estimate of drug-likeness (QED) is 0.373. The summed E-state index contributed by atoms with van der Waals surface area (Å²) in [6, 6.07) is 21.4. The van der Waals surface area contributed by atoms with E-state index in [0.717, 1.165) is 18.8 Å². The summed E-state index contributed by atoms with van der Waals surface area (Å²) in [5.74, 6) is 0.985. The molecule has 0 bridgehead atoms. The topological polar surface area (TPSA) is 21.3 Å². The Hall–Kier alpha value is -2.32. The molecule has 0 saturated carbocycles. The third-order valence-corrected chi connectivity index (χ3v) is 5.23. The van der Waals surface area contributed by atoms with Crippen molar-refractivity contribution in [1.29, 1.82) is 0 Å². The SMILES string of the molecule is CCCCCCCNCc1c(OCc2cccc(C)c2)ccc2ccccc12. The summed E-state index contributed by atoms with van der Waals surface area (Å²) in [6.07, 6.45) is 6.54. The number of hydrogen-bond acceptors (Lipinski definition) is 2. The van der Waals surface area contributed by atoms with E-state index >= 15 is 0 Å². The van der Waals surface area contributed by atoms with Gasteiger partial charge in [0.15, 0.2) is 0 Å². The maximum Gasteiger partial charge on any atom is 0.124 e. The third kappa shape index (κ3) is 5.84. The van der Waals surface area contributed by atoms with Crippen LogP contribution in [0.1, 0.15) is 55.7 Å². The highest BCUT2D eigenvalue weighted by Crippen LogP contribution is 2.29. The number of rotatable bonds is 11. The zero-order valence-electron chi connectivity index (χ0n) is 17.3. The lowest BCUT2D eigenvalue weighted by atomic mass is 10.0. The predicted octanol–water partition coefficient (Wildman–Crippen LogP) is 6.79. The molecule has 0 aliphatic carbocycles. The summed E-state index contributed by atoms with van der Waals surface area (Å²) in [4.78, 5) is 0. The third-order valence-electron chi connectivity index (χ3n) is 5.23. The molecule has 3 rings (SSSR count). The van der Waals surface area contributed by atoms with Gasteiger partial charge in [-0.15, -0.1) is 0 Å². The number of aryl methyl sites for hydroxylation is 1. The molecule has 3 aromatic carbocycles. The Morgan fingerprint density at radius 3 is 2.57 bits per heavy atom. The Morgan fingerprint density at radius 1 is 0.857 bits per heavy atom. The summed E-state index contributed by atoms with van der Waals surface area (Å²) in [5, 5.41) is 6.19. The van der Waals surface area contributed by atoms with E-state index in [0.29, 0.717) is 6.61 Å². The molecule has 3 aromatic rings. The zero-order chi connectivity index (χ0) is 19.6. The van der Waals surface area contributed by atoms with Crippen LogP contribution in [-0.2, 0) is 13.2 Å². The van der Waals surface area contributed by atoms with Gasteiger partial charge in [0.05, 0.1) is 0 Å². The van der Waals surface area contributed by atoms with Crippen molar-refractivity contribution in [3.05, 3.63) is 77.4 Å². The smallest absolute Gasteiger partial charge is 0.124 e. The molecule has 2 heteroatoms. The predicted molar refractivity (Wildman–Crippen MR) is 120 cm³/mol. The van der Waals surface area contributed by atoms with Crippen LogP contribution in [0.5, 0.6) is 5.75 Å². The number of nitrogens with one attached hydrogen (secondary N) is 1. The van der Waals surface area contributed by atoms with Crippen LogP contribution >= 0.6 is 0 Å². The molecule has 0 heterocycles. The lowest BCUT2D eigenvalue weighted by molar-refractivity contribution is 0.302. The summed E-state index contributed by atoms with van der Waals surface area (Å²) < 4.78 is 6.26. The second kappa shape index (κ2) is 10.9. The lowest BCUT2D eigenvalue weighted by Crippen LogP contribution is -2.16.